The van der Waals surface area contributed by atoms with Crippen LogP contribution in [0.2, 0.25) is 0 Å². The largest absolute Gasteiger partial charge is 0.460 e. The molecule has 0 spiro atoms. The normalized spacial score (nSPS) is 19.4. The van der Waals surface area contributed by atoms with Crippen molar-refractivity contribution in [3.05, 3.63) is 59.7 Å². The lowest BCUT2D eigenvalue weighted by atomic mass is 10.0. The number of carbonyl (C=O) groups is 1. The highest BCUT2D eigenvalue weighted by atomic mass is 31.2. The molecule has 0 radical (unpaired) electrons. The molecule has 3 rings (SSSR count). The van der Waals surface area contributed by atoms with Crippen LogP contribution < -0.4 is 0 Å². The molecular weight excluding hydrogens is 437 g/mol. The van der Waals surface area contributed by atoms with Gasteiger partial charge >= 0.3 is 13.6 Å². The third kappa shape index (κ3) is 7.00. The van der Waals surface area contributed by atoms with E-state index >= 15 is 0 Å². The summed E-state index contributed by atoms with van der Waals surface area (Å²) in [6, 6.07) is 15.1. The smallest absolute Gasteiger partial charge is 0.345 e. The zero-order valence-corrected chi connectivity index (χ0v) is 21.1. The summed E-state index contributed by atoms with van der Waals surface area (Å²) >= 11 is 0. The number of benzene rings is 2. The number of aryl methyl sites for hydroxylation is 1. The van der Waals surface area contributed by atoms with Crippen LogP contribution in [0.25, 0.3) is 10.8 Å². The number of hydrogen-bond acceptors (Lipinski definition) is 6. The van der Waals surface area contributed by atoms with Crippen molar-refractivity contribution in [3.63, 3.8) is 0 Å². The number of rotatable bonds is 12. The summed E-state index contributed by atoms with van der Waals surface area (Å²) in [6.45, 7) is 7.44. The Hall–Kier alpha value is -1.98. The minimum absolute atomic E-state index is 0.231. The third-order valence-electron chi connectivity index (χ3n) is 5.93. The number of fused-ring (bicyclic) bond motifs is 1. The molecule has 0 aromatic heterocycles. The van der Waals surface area contributed by atoms with Crippen molar-refractivity contribution >= 4 is 24.3 Å². The molecule has 1 heterocycles. The van der Waals surface area contributed by atoms with Crippen LogP contribution in [0.15, 0.2) is 54.1 Å². The fourth-order valence-corrected chi connectivity index (χ4v) is 6.12. The molecule has 6 nitrogen and oxygen atoms in total. The maximum Gasteiger partial charge on any atom is 0.345 e. The van der Waals surface area contributed by atoms with E-state index in [0.717, 1.165) is 19.4 Å². The topological polar surface area (TPSA) is 65.1 Å². The molecule has 0 saturated carbocycles. The van der Waals surface area contributed by atoms with Gasteiger partial charge in [-0.3, -0.25) is 14.3 Å². The fraction of sp³-hybridized carbons (Fsp3) is 0.500. The molecular formula is C26H36NO5P. The lowest BCUT2D eigenvalue weighted by Gasteiger charge is -2.21. The Kier molecular flexibility index (Phi) is 9.27. The Bertz CT molecular complexity index is 1010. The standard InChI is InChI=1S/C26H36NO5P/c1-5-30-33(29,31-6-2)25-18-24(32-26(25)28)19-27(4)16-15-20(3)11-12-21-13-14-22-9-7-8-10-23(22)17-21/h7-10,13-15,17,24-25H,5-6,11-12,16,18-19H2,1-4H3/b20-15+. The van der Waals surface area contributed by atoms with Gasteiger partial charge in [-0.15, -0.1) is 0 Å². The summed E-state index contributed by atoms with van der Waals surface area (Å²) in [5.74, 6) is -0.485. The number of carbonyl (C=O) groups excluding carboxylic acids is 1. The molecule has 0 aliphatic carbocycles. The maximum atomic E-state index is 13.0. The van der Waals surface area contributed by atoms with Crippen molar-refractivity contribution in [2.45, 2.75) is 51.8 Å². The number of likely N-dealkylation sites (N-methyl/N-ethyl adjacent to an activating group) is 1. The summed E-state index contributed by atoms with van der Waals surface area (Å²) in [4.78, 5) is 14.5. The van der Waals surface area contributed by atoms with Crippen molar-refractivity contribution in [2.24, 2.45) is 0 Å². The van der Waals surface area contributed by atoms with Crippen LogP contribution in [-0.4, -0.2) is 56.0 Å². The Balaban J connectivity index is 1.48. The van der Waals surface area contributed by atoms with Crippen LogP contribution in [0.4, 0.5) is 0 Å². The van der Waals surface area contributed by atoms with Gasteiger partial charge in [0.2, 0.25) is 0 Å². The van der Waals surface area contributed by atoms with E-state index in [9.17, 15) is 9.36 Å². The SMILES string of the molecule is CCOP(=O)(OCC)C1CC(CN(C)C/C=C(\C)CCc2ccc3ccccc3c2)OC1=O. The summed E-state index contributed by atoms with van der Waals surface area (Å²) in [5.41, 5.74) is 1.83. The molecule has 0 amide bonds. The summed E-state index contributed by atoms with van der Waals surface area (Å²) in [5, 5.41) is 2.54. The van der Waals surface area contributed by atoms with Crippen molar-refractivity contribution in [1.82, 2.24) is 4.90 Å². The highest BCUT2D eigenvalue weighted by Crippen LogP contribution is 2.56. The first-order valence-corrected chi connectivity index (χ1v) is 13.4. The number of nitrogens with zero attached hydrogens (tertiary/aromatic N) is 1. The summed E-state index contributed by atoms with van der Waals surface area (Å²) < 4.78 is 29.2. The molecule has 7 heteroatoms. The van der Waals surface area contributed by atoms with Gasteiger partial charge in [0.15, 0.2) is 5.66 Å². The first-order chi connectivity index (χ1) is 15.8. The van der Waals surface area contributed by atoms with Gasteiger partial charge in [-0.1, -0.05) is 54.1 Å². The van der Waals surface area contributed by atoms with E-state index < -0.39 is 19.2 Å². The molecule has 1 aliphatic heterocycles. The Morgan fingerprint density at radius 3 is 2.55 bits per heavy atom. The molecule has 0 N–H and O–H groups in total. The van der Waals surface area contributed by atoms with E-state index in [1.54, 1.807) is 13.8 Å². The van der Waals surface area contributed by atoms with Crippen LogP contribution in [-0.2, 0) is 29.6 Å². The average molecular weight is 474 g/mol. The van der Waals surface area contributed by atoms with Crippen LogP contribution in [0.5, 0.6) is 0 Å². The van der Waals surface area contributed by atoms with Gasteiger partial charge in [0.25, 0.3) is 0 Å². The molecule has 2 atom stereocenters. The second-order valence-corrected chi connectivity index (χ2v) is 10.9. The van der Waals surface area contributed by atoms with Crippen molar-refractivity contribution < 1.29 is 23.1 Å². The van der Waals surface area contributed by atoms with Gasteiger partial charge in [-0.25, -0.2) is 0 Å². The molecule has 2 aromatic carbocycles. The van der Waals surface area contributed by atoms with Crippen molar-refractivity contribution in [2.75, 3.05) is 33.4 Å². The summed E-state index contributed by atoms with van der Waals surface area (Å²) in [6.07, 6.45) is 4.26. The van der Waals surface area contributed by atoms with E-state index in [0.29, 0.717) is 13.0 Å². The van der Waals surface area contributed by atoms with Gasteiger partial charge in [-0.05, 0) is 57.0 Å². The Labute approximate surface area is 197 Å². The highest BCUT2D eigenvalue weighted by Gasteiger charge is 2.49. The van der Waals surface area contributed by atoms with Crippen LogP contribution >= 0.6 is 7.60 Å². The molecule has 2 unspecified atom stereocenters. The first-order valence-electron chi connectivity index (χ1n) is 11.8. The van der Waals surface area contributed by atoms with E-state index in [1.165, 1.54) is 21.9 Å². The lowest BCUT2D eigenvalue weighted by molar-refractivity contribution is -0.141. The maximum absolute atomic E-state index is 13.0. The highest BCUT2D eigenvalue weighted by molar-refractivity contribution is 7.55. The fourth-order valence-electron chi connectivity index (χ4n) is 4.15. The van der Waals surface area contributed by atoms with Gasteiger partial charge < -0.3 is 13.8 Å². The molecule has 1 aliphatic rings. The lowest BCUT2D eigenvalue weighted by Crippen LogP contribution is -2.29. The molecule has 2 aromatic rings. The third-order valence-corrected chi connectivity index (χ3v) is 8.35. The molecule has 1 saturated heterocycles. The summed E-state index contributed by atoms with van der Waals surface area (Å²) in [7, 11) is -1.49. The predicted molar refractivity (Wildman–Crippen MR) is 133 cm³/mol. The Morgan fingerprint density at radius 2 is 1.85 bits per heavy atom. The van der Waals surface area contributed by atoms with E-state index in [4.69, 9.17) is 13.8 Å². The van der Waals surface area contributed by atoms with Crippen molar-refractivity contribution in [1.29, 1.82) is 0 Å². The number of esters is 1. The number of cyclic esters (lactones) is 1. The minimum Gasteiger partial charge on any atom is -0.460 e. The Morgan fingerprint density at radius 1 is 1.15 bits per heavy atom. The van der Waals surface area contributed by atoms with Crippen LogP contribution in [0, 0.1) is 0 Å². The van der Waals surface area contributed by atoms with Gasteiger partial charge in [-0.2, -0.15) is 0 Å². The molecule has 180 valence electrons. The average Bonchev–Trinajstić information content (AvgIpc) is 3.17. The number of ether oxygens (including phenoxy) is 1. The quantitative estimate of drug-likeness (QED) is 0.227. The molecule has 1 fully saturated rings. The van der Waals surface area contributed by atoms with Crippen molar-refractivity contribution in [3.8, 4) is 0 Å². The van der Waals surface area contributed by atoms with Gasteiger partial charge in [0.1, 0.15) is 6.10 Å². The predicted octanol–water partition coefficient (Wildman–Crippen LogP) is 5.60. The molecule has 33 heavy (non-hydrogen) atoms. The van der Waals surface area contributed by atoms with Crippen LogP contribution in [0.3, 0.4) is 0 Å². The minimum atomic E-state index is -3.49. The number of allylic oxidation sites excluding steroid dienone is 1. The monoisotopic (exact) mass is 473 g/mol. The van der Waals surface area contributed by atoms with Gasteiger partial charge in [0, 0.05) is 19.5 Å². The first kappa shape index (κ1) is 25.6. The zero-order chi connectivity index (χ0) is 23.8. The molecule has 0 bridgehead atoms. The van der Waals surface area contributed by atoms with Crippen LogP contribution in [0.1, 0.15) is 39.2 Å². The van der Waals surface area contributed by atoms with E-state index in [2.05, 4.69) is 60.4 Å². The zero-order valence-electron chi connectivity index (χ0n) is 20.2. The second kappa shape index (κ2) is 11.9. The van der Waals surface area contributed by atoms with Gasteiger partial charge in [0.05, 0.1) is 13.2 Å². The number of hydrogen-bond donors (Lipinski definition) is 0. The van der Waals surface area contributed by atoms with E-state index in [-0.39, 0.29) is 19.3 Å². The second-order valence-electron chi connectivity index (χ2n) is 8.64. The van der Waals surface area contributed by atoms with E-state index in [1.807, 2.05) is 7.05 Å².